The Morgan fingerprint density at radius 3 is 2.55 bits per heavy atom. The summed E-state index contributed by atoms with van der Waals surface area (Å²) in [6.45, 7) is 1.64. The van der Waals surface area contributed by atoms with E-state index in [4.69, 9.17) is 10.5 Å². The molecular formula is C26H22N4O2S. The third kappa shape index (κ3) is 4.60. The Bertz CT molecular complexity index is 1330. The number of para-hydroxylation sites is 1. The van der Waals surface area contributed by atoms with Gasteiger partial charge in [-0.05, 0) is 48.9 Å². The molecule has 0 radical (unpaired) electrons. The van der Waals surface area contributed by atoms with E-state index in [1.165, 1.54) is 0 Å². The molecule has 3 N–H and O–H groups in total. The summed E-state index contributed by atoms with van der Waals surface area (Å²) >= 11 is 1.67. The number of nitrogens with zero attached hydrogens (tertiary/aromatic N) is 2. The van der Waals surface area contributed by atoms with Gasteiger partial charge in [-0.1, -0.05) is 54.2 Å². The molecule has 164 valence electrons. The Kier molecular flexibility index (Phi) is 5.81. The van der Waals surface area contributed by atoms with Gasteiger partial charge in [0.2, 0.25) is 5.91 Å². The summed E-state index contributed by atoms with van der Waals surface area (Å²) in [5, 5.41) is 11.6. The van der Waals surface area contributed by atoms with Crippen LogP contribution in [0.3, 0.4) is 0 Å². The van der Waals surface area contributed by atoms with Gasteiger partial charge in [-0.3, -0.25) is 4.79 Å². The summed E-state index contributed by atoms with van der Waals surface area (Å²) in [5.41, 5.74) is 9.36. The molecule has 1 aliphatic rings. The van der Waals surface area contributed by atoms with E-state index >= 15 is 0 Å². The number of amides is 1. The normalized spacial score (nSPS) is 12.8. The summed E-state index contributed by atoms with van der Waals surface area (Å²) in [6.07, 6.45) is 0.605. The van der Waals surface area contributed by atoms with E-state index in [1.807, 2.05) is 72.8 Å². The van der Waals surface area contributed by atoms with Crippen LogP contribution >= 0.6 is 11.8 Å². The predicted molar refractivity (Wildman–Crippen MR) is 130 cm³/mol. The number of rotatable bonds is 5. The quantitative estimate of drug-likeness (QED) is 0.376. The standard InChI is InChI=1S/C26H22N4O2S/c1-16(27)26(31)28-25-19(13-17-7-3-2-4-8-17)14-20(29-30-25)18-11-12-22-24(15-18)33-23-10-6-5-9-21(23)32-22/h2-12,14-16H,13,27H2,1H3,(H,28,30,31). The second kappa shape index (κ2) is 9.05. The van der Waals surface area contributed by atoms with Crippen molar-refractivity contribution in [1.82, 2.24) is 10.2 Å². The van der Waals surface area contributed by atoms with Crippen LogP contribution in [0.2, 0.25) is 0 Å². The van der Waals surface area contributed by atoms with Gasteiger partial charge in [0, 0.05) is 17.5 Å². The van der Waals surface area contributed by atoms with E-state index in [0.717, 1.165) is 43.7 Å². The number of anilines is 1. The van der Waals surface area contributed by atoms with E-state index in [-0.39, 0.29) is 5.91 Å². The van der Waals surface area contributed by atoms with Crippen LogP contribution in [0, 0.1) is 0 Å². The number of benzene rings is 3. The van der Waals surface area contributed by atoms with E-state index in [0.29, 0.717) is 12.2 Å². The second-order valence-electron chi connectivity index (χ2n) is 7.86. The number of nitrogens with two attached hydrogens (primary N) is 1. The molecule has 1 atom stereocenters. The van der Waals surface area contributed by atoms with Crippen molar-refractivity contribution in [2.45, 2.75) is 29.2 Å². The number of hydrogen-bond donors (Lipinski definition) is 2. The molecule has 0 aliphatic carbocycles. The Labute approximate surface area is 196 Å². The van der Waals surface area contributed by atoms with Crippen molar-refractivity contribution >= 4 is 23.5 Å². The van der Waals surface area contributed by atoms with E-state index in [1.54, 1.807) is 18.7 Å². The molecule has 4 aromatic rings. The van der Waals surface area contributed by atoms with Crippen molar-refractivity contribution in [2.75, 3.05) is 5.32 Å². The lowest BCUT2D eigenvalue weighted by Crippen LogP contribution is -2.33. The molecule has 2 heterocycles. The van der Waals surface area contributed by atoms with E-state index < -0.39 is 6.04 Å². The molecule has 3 aromatic carbocycles. The van der Waals surface area contributed by atoms with Crippen molar-refractivity contribution in [3.8, 4) is 22.8 Å². The van der Waals surface area contributed by atoms with Gasteiger partial charge in [0.15, 0.2) is 5.82 Å². The van der Waals surface area contributed by atoms with Crippen LogP contribution in [0.1, 0.15) is 18.1 Å². The SMILES string of the molecule is CC(N)C(=O)Nc1nnc(-c2ccc3c(c2)Sc2ccccc2O3)cc1Cc1ccccc1. The van der Waals surface area contributed by atoms with Gasteiger partial charge in [-0.2, -0.15) is 0 Å². The maximum atomic E-state index is 12.2. The van der Waals surface area contributed by atoms with Gasteiger partial charge in [-0.15, -0.1) is 10.2 Å². The van der Waals surface area contributed by atoms with Crippen LogP contribution in [0.4, 0.5) is 5.82 Å². The molecule has 5 rings (SSSR count). The molecule has 0 bridgehead atoms. The fourth-order valence-electron chi connectivity index (χ4n) is 3.54. The molecule has 0 fully saturated rings. The first-order valence-electron chi connectivity index (χ1n) is 10.6. The first kappa shape index (κ1) is 21.2. The highest BCUT2D eigenvalue weighted by atomic mass is 32.2. The van der Waals surface area contributed by atoms with Gasteiger partial charge in [0.25, 0.3) is 0 Å². The largest absolute Gasteiger partial charge is 0.455 e. The molecule has 6 nitrogen and oxygen atoms in total. The third-order valence-corrected chi connectivity index (χ3v) is 6.39. The summed E-state index contributed by atoms with van der Waals surface area (Å²) in [6, 6.07) is 25.3. The van der Waals surface area contributed by atoms with Gasteiger partial charge in [-0.25, -0.2) is 0 Å². The molecule has 7 heteroatoms. The molecule has 0 saturated heterocycles. The van der Waals surface area contributed by atoms with Crippen molar-refractivity contribution in [1.29, 1.82) is 0 Å². The van der Waals surface area contributed by atoms with Crippen molar-refractivity contribution < 1.29 is 9.53 Å². The Morgan fingerprint density at radius 1 is 0.970 bits per heavy atom. The monoisotopic (exact) mass is 454 g/mol. The highest BCUT2D eigenvalue weighted by Gasteiger charge is 2.19. The van der Waals surface area contributed by atoms with Crippen LogP contribution in [-0.2, 0) is 11.2 Å². The molecule has 33 heavy (non-hydrogen) atoms. The lowest BCUT2D eigenvalue weighted by molar-refractivity contribution is -0.117. The minimum Gasteiger partial charge on any atom is -0.455 e. The summed E-state index contributed by atoms with van der Waals surface area (Å²) in [5.74, 6) is 1.81. The zero-order chi connectivity index (χ0) is 22.8. The highest BCUT2D eigenvalue weighted by Crippen LogP contribution is 2.47. The first-order chi connectivity index (χ1) is 16.1. The second-order valence-corrected chi connectivity index (χ2v) is 8.94. The first-order valence-corrected chi connectivity index (χ1v) is 11.4. The Hall–Kier alpha value is -3.68. The lowest BCUT2D eigenvalue weighted by atomic mass is 10.0. The van der Waals surface area contributed by atoms with E-state index in [9.17, 15) is 4.79 Å². The van der Waals surface area contributed by atoms with E-state index in [2.05, 4.69) is 21.6 Å². The van der Waals surface area contributed by atoms with Crippen LogP contribution in [0.5, 0.6) is 11.5 Å². The summed E-state index contributed by atoms with van der Waals surface area (Å²) in [4.78, 5) is 14.3. The van der Waals surface area contributed by atoms with Crippen LogP contribution < -0.4 is 15.8 Å². The molecule has 1 aliphatic heterocycles. The average Bonchev–Trinajstić information content (AvgIpc) is 2.84. The number of carbonyl (C=O) groups excluding carboxylic acids is 1. The molecule has 1 amide bonds. The number of hydrogen-bond acceptors (Lipinski definition) is 6. The zero-order valence-corrected chi connectivity index (χ0v) is 18.8. The van der Waals surface area contributed by atoms with Crippen LogP contribution in [-0.4, -0.2) is 22.1 Å². The average molecular weight is 455 g/mol. The number of aromatic nitrogens is 2. The predicted octanol–water partition coefficient (Wildman–Crippen LogP) is 5.28. The number of ether oxygens (including phenoxy) is 1. The fraction of sp³-hybridized carbons (Fsp3) is 0.115. The van der Waals surface area contributed by atoms with Gasteiger partial charge >= 0.3 is 0 Å². The van der Waals surface area contributed by atoms with Gasteiger partial charge in [0.1, 0.15) is 11.5 Å². The number of fused-ring (bicyclic) bond motifs is 2. The topological polar surface area (TPSA) is 90.1 Å². The molecule has 1 aromatic heterocycles. The summed E-state index contributed by atoms with van der Waals surface area (Å²) in [7, 11) is 0. The third-order valence-electron chi connectivity index (χ3n) is 5.29. The molecule has 0 saturated carbocycles. The highest BCUT2D eigenvalue weighted by molar-refractivity contribution is 7.99. The van der Waals surface area contributed by atoms with Crippen LogP contribution in [0.25, 0.3) is 11.3 Å². The summed E-state index contributed by atoms with van der Waals surface area (Å²) < 4.78 is 6.04. The maximum Gasteiger partial charge on any atom is 0.242 e. The lowest BCUT2D eigenvalue weighted by Gasteiger charge is -2.20. The zero-order valence-electron chi connectivity index (χ0n) is 18.0. The van der Waals surface area contributed by atoms with Crippen molar-refractivity contribution in [3.05, 3.63) is 90.0 Å². The number of nitrogens with one attached hydrogen (secondary N) is 1. The van der Waals surface area contributed by atoms with Crippen molar-refractivity contribution in [3.63, 3.8) is 0 Å². The maximum absolute atomic E-state index is 12.2. The minimum absolute atomic E-state index is 0.299. The van der Waals surface area contributed by atoms with Gasteiger partial charge < -0.3 is 15.8 Å². The molecule has 1 unspecified atom stereocenters. The molecular weight excluding hydrogens is 432 g/mol. The van der Waals surface area contributed by atoms with Crippen molar-refractivity contribution in [2.24, 2.45) is 5.73 Å². The fourth-order valence-corrected chi connectivity index (χ4v) is 4.53. The minimum atomic E-state index is -0.642. The number of carbonyl (C=O) groups is 1. The Balaban J connectivity index is 1.50. The smallest absolute Gasteiger partial charge is 0.242 e. The van der Waals surface area contributed by atoms with Crippen LogP contribution in [0.15, 0.2) is 88.7 Å². The Morgan fingerprint density at radius 2 is 1.73 bits per heavy atom. The van der Waals surface area contributed by atoms with Gasteiger partial charge in [0.05, 0.1) is 21.5 Å². The molecule has 0 spiro atoms.